The molecule has 2 aromatic carbocycles. The van der Waals surface area contributed by atoms with Gasteiger partial charge in [-0.05, 0) is 54.8 Å². The van der Waals surface area contributed by atoms with Crippen molar-refractivity contribution in [3.05, 3.63) is 62.1 Å². The molecule has 3 rings (SSSR count). The van der Waals surface area contributed by atoms with Crippen LogP contribution in [0.5, 0.6) is 0 Å². The minimum Gasteiger partial charge on any atom is -0.478 e. The molecule has 6 nitrogen and oxygen atoms in total. The summed E-state index contributed by atoms with van der Waals surface area (Å²) in [6.45, 7) is 3.53. The van der Waals surface area contributed by atoms with Crippen LogP contribution in [0.25, 0.3) is 0 Å². The van der Waals surface area contributed by atoms with E-state index in [1.807, 2.05) is 6.92 Å². The van der Waals surface area contributed by atoms with Gasteiger partial charge in [0.05, 0.1) is 17.5 Å². The highest BCUT2D eigenvalue weighted by molar-refractivity contribution is 6.31. The van der Waals surface area contributed by atoms with Crippen molar-refractivity contribution in [1.29, 1.82) is 0 Å². The van der Waals surface area contributed by atoms with Crippen molar-refractivity contribution in [1.82, 2.24) is 0 Å². The molecule has 0 radical (unpaired) electrons. The molecule has 1 aliphatic rings. The Kier molecular flexibility index (Phi) is 5.90. The van der Waals surface area contributed by atoms with Crippen LogP contribution in [-0.4, -0.2) is 23.0 Å². The van der Waals surface area contributed by atoms with E-state index in [9.17, 15) is 14.4 Å². The average Bonchev–Trinajstić information content (AvgIpc) is 2.52. The van der Waals surface area contributed by atoms with Crippen LogP contribution in [0.3, 0.4) is 0 Å². The normalized spacial score (nSPS) is 12.6. The number of benzene rings is 2. The summed E-state index contributed by atoms with van der Waals surface area (Å²) in [7, 11) is 0. The fourth-order valence-corrected chi connectivity index (χ4v) is 3.01. The third-order valence-electron chi connectivity index (χ3n) is 3.77. The molecule has 0 atom stereocenters. The number of carbonyl (C=O) groups is 3. The number of aryl methyl sites for hydroxylation is 2. The molecule has 0 fully saturated rings. The molecule has 0 unspecified atom stereocenters. The topological polar surface area (TPSA) is 107 Å². The Hall–Kier alpha value is -2.57. The molecule has 0 spiro atoms. The van der Waals surface area contributed by atoms with Gasteiger partial charge in [0.25, 0.3) is 0 Å². The van der Waals surface area contributed by atoms with Crippen molar-refractivity contribution < 1.29 is 24.2 Å². The van der Waals surface area contributed by atoms with Crippen LogP contribution in [0.4, 0.5) is 5.69 Å². The zero-order valence-corrected chi connectivity index (χ0v) is 15.4. The Bertz CT molecular complexity index is 924. The van der Waals surface area contributed by atoms with Crippen molar-refractivity contribution in [3.63, 3.8) is 0 Å². The molecule has 2 aromatic rings. The molecule has 0 aliphatic carbocycles. The quantitative estimate of drug-likeness (QED) is 0.431. The van der Waals surface area contributed by atoms with Crippen molar-refractivity contribution in [2.24, 2.45) is 0 Å². The van der Waals surface area contributed by atoms with Crippen LogP contribution in [-0.2, 0) is 16.0 Å². The molecule has 136 valence electrons. The van der Waals surface area contributed by atoms with E-state index in [1.165, 1.54) is 12.1 Å². The maximum absolute atomic E-state index is 11.3. The molecule has 8 heteroatoms. The summed E-state index contributed by atoms with van der Waals surface area (Å²) in [5, 5.41) is 9.54. The largest absolute Gasteiger partial charge is 0.478 e. The van der Waals surface area contributed by atoms with Gasteiger partial charge in [-0.3, -0.25) is 4.79 Å². The average molecular weight is 396 g/mol. The molecule has 0 amide bonds. The molecule has 0 bridgehead atoms. The SMILES string of the molecule is Cc1cc(Cl)cc(C(=O)O)c1N.Cc1cc(Cl)cc2c1CC(=O)OC2=O. The lowest BCUT2D eigenvalue weighted by Crippen LogP contribution is -2.23. The van der Waals surface area contributed by atoms with Gasteiger partial charge in [0.1, 0.15) is 0 Å². The third kappa shape index (κ3) is 4.33. The molecule has 0 aromatic heterocycles. The van der Waals surface area contributed by atoms with E-state index in [2.05, 4.69) is 4.74 Å². The van der Waals surface area contributed by atoms with Crippen molar-refractivity contribution in [2.45, 2.75) is 20.3 Å². The number of carboxylic acid groups (broad SMARTS) is 1. The van der Waals surface area contributed by atoms with Crippen molar-refractivity contribution in [3.8, 4) is 0 Å². The molecule has 3 N–H and O–H groups in total. The summed E-state index contributed by atoms with van der Waals surface area (Å²) < 4.78 is 4.49. The van der Waals surface area contributed by atoms with Gasteiger partial charge < -0.3 is 15.6 Å². The smallest absolute Gasteiger partial charge is 0.346 e. The van der Waals surface area contributed by atoms with Crippen LogP contribution < -0.4 is 5.73 Å². The zero-order valence-electron chi connectivity index (χ0n) is 13.9. The maximum atomic E-state index is 11.3. The number of aromatic carboxylic acids is 1. The lowest BCUT2D eigenvalue weighted by atomic mass is 9.97. The summed E-state index contributed by atoms with van der Waals surface area (Å²) >= 11 is 11.4. The number of cyclic esters (lactones) is 2. The Balaban J connectivity index is 0.000000190. The first-order chi connectivity index (χ1) is 12.1. The summed E-state index contributed by atoms with van der Waals surface area (Å²) in [4.78, 5) is 32.9. The second-order valence-corrected chi connectivity index (χ2v) is 6.55. The first kappa shape index (κ1) is 19.8. The van der Waals surface area contributed by atoms with Gasteiger partial charge in [-0.15, -0.1) is 0 Å². The Morgan fingerprint density at radius 1 is 1.08 bits per heavy atom. The number of carboxylic acids is 1. The lowest BCUT2D eigenvalue weighted by molar-refractivity contribution is -0.137. The molecular formula is C18H15Cl2NO5. The summed E-state index contributed by atoms with van der Waals surface area (Å²) in [5.41, 5.74) is 8.48. The van der Waals surface area contributed by atoms with Crippen LogP contribution in [0, 0.1) is 13.8 Å². The number of nitrogen functional groups attached to an aromatic ring is 1. The first-order valence-corrected chi connectivity index (χ1v) is 8.18. The van der Waals surface area contributed by atoms with Crippen LogP contribution in [0.1, 0.15) is 37.4 Å². The number of ether oxygens (including phenoxy) is 1. The van der Waals surface area contributed by atoms with Crippen molar-refractivity contribution in [2.75, 3.05) is 5.73 Å². The summed E-state index contributed by atoms with van der Waals surface area (Å²) in [6, 6.07) is 6.22. The van der Waals surface area contributed by atoms with Gasteiger partial charge in [0.2, 0.25) is 0 Å². The number of halogens is 2. The van der Waals surface area contributed by atoms with E-state index in [-0.39, 0.29) is 17.7 Å². The Labute approximate surface area is 159 Å². The number of anilines is 1. The van der Waals surface area contributed by atoms with Crippen LogP contribution in [0.2, 0.25) is 10.0 Å². The second-order valence-electron chi connectivity index (χ2n) is 5.68. The number of esters is 2. The van der Waals surface area contributed by atoms with Gasteiger partial charge in [-0.1, -0.05) is 23.2 Å². The van der Waals surface area contributed by atoms with E-state index >= 15 is 0 Å². The fraction of sp³-hybridized carbons (Fsp3) is 0.167. The molecule has 1 aliphatic heterocycles. The van der Waals surface area contributed by atoms with E-state index < -0.39 is 17.9 Å². The van der Waals surface area contributed by atoms with Gasteiger partial charge in [-0.2, -0.15) is 0 Å². The van der Waals surface area contributed by atoms with Gasteiger partial charge in [-0.25, -0.2) is 9.59 Å². The standard InChI is InChI=1S/C10H7ClO3.C8H8ClNO2/c1-5-2-6(11)3-8-7(5)4-9(12)14-10(8)13;1-4-2-5(9)3-6(7(4)10)8(11)12/h2-3H,4H2,1H3;2-3H,10H2,1H3,(H,11,12). The lowest BCUT2D eigenvalue weighted by Gasteiger charge is -2.16. The third-order valence-corrected chi connectivity index (χ3v) is 4.20. The van der Waals surface area contributed by atoms with E-state index in [0.29, 0.717) is 21.2 Å². The maximum Gasteiger partial charge on any atom is 0.346 e. The Morgan fingerprint density at radius 2 is 1.65 bits per heavy atom. The first-order valence-electron chi connectivity index (χ1n) is 7.43. The highest BCUT2D eigenvalue weighted by Crippen LogP contribution is 2.25. The molecular weight excluding hydrogens is 381 g/mol. The summed E-state index contributed by atoms with van der Waals surface area (Å²) in [6.07, 6.45) is 0.143. The van der Waals surface area contributed by atoms with E-state index in [1.54, 1.807) is 19.1 Å². The molecule has 0 saturated heterocycles. The van der Waals surface area contributed by atoms with Crippen LogP contribution >= 0.6 is 23.2 Å². The Morgan fingerprint density at radius 3 is 2.27 bits per heavy atom. The van der Waals surface area contributed by atoms with Crippen LogP contribution in [0.15, 0.2) is 24.3 Å². The number of carbonyl (C=O) groups excluding carboxylic acids is 2. The zero-order chi connectivity index (χ0) is 19.6. The van der Waals surface area contributed by atoms with Gasteiger partial charge in [0.15, 0.2) is 0 Å². The molecule has 0 saturated carbocycles. The molecule has 1 heterocycles. The van der Waals surface area contributed by atoms with Gasteiger partial charge >= 0.3 is 17.9 Å². The highest BCUT2D eigenvalue weighted by atomic mass is 35.5. The fourth-order valence-electron chi connectivity index (χ4n) is 2.46. The number of hydrogen-bond donors (Lipinski definition) is 2. The second kappa shape index (κ2) is 7.76. The summed E-state index contributed by atoms with van der Waals surface area (Å²) in [5.74, 6) is -2.17. The predicted molar refractivity (Wildman–Crippen MR) is 97.9 cm³/mol. The predicted octanol–water partition coefficient (Wildman–Crippen LogP) is 3.82. The number of nitrogens with two attached hydrogens (primary N) is 1. The van der Waals surface area contributed by atoms with Gasteiger partial charge in [0, 0.05) is 15.7 Å². The number of rotatable bonds is 1. The van der Waals surface area contributed by atoms with E-state index in [4.69, 9.17) is 34.0 Å². The monoisotopic (exact) mass is 395 g/mol. The minimum atomic E-state index is -1.06. The number of fused-ring (bicyclic) bond motifs is 1. The van der Waals surface area contributed by atoms with Crippen molar-refractivity contribution >= 4 is 46.8 Å². The minimum absolute atomic E-state index is 0.0556. The molecule has 26 heavy (non-hydrogen) atoms. The van der Waals surface area contributed by atoms with E-state index in [0.717, 1.165) is 11.1 Å². The highest BCUT2D eigenvalue weighted by Gasteiger charge is 2.26. The number of hydrogen-bond acceptors (Lipinski definition) is 5.